The van der Waals surface area contributed by atoms with Crippen LogP contribution in [0.1, 0.15) is 0 Å². The van der Waals surface area contributed by atoms with E-state index < -0.39 is 0 Å². The fraction of sp³-hybridized carbons (Fsp3) is 0.222. The van der Waals surface area contributed by atoms with Crippen LogP contribution in [0.25, 0.3) is 0 Å². The van der Waals surface area contributed by atoms with E-state index >= 15 is 0 Å². The third kappa shape index (κ3) is 2.48. The first-order chi connectivity index (χ1) is 5.86. The largest absolute Gasteiger partial charge is 0.372 e. The van der Waals surface area contributed by atoms with Crippen molar-refractivity contribution in [3.8, 4) is 6.07 Å². The van der Waals surface area contributed by atoms with E-state index in [0.29, 0.717) is 6.54 Å². The zero-order chi connectivity index (χ0) is 8.81. The third-order valence-electron chi connectivity index (χ3n) is 1.46. The number of thioether (sulfide) groups is 1. The Kier molecular flexibility index (Phi) is 3.49. The summed E-state index contributed by atoms with van der Waals surface area (Å²) in [6.45, 7) is 0.360. The highest BCUT2D eigenvalue weighted by Crippen LogP contribution is 2.16. The predicted octanol–water partition coefficient (Wildman–Crippen LogP) is 2.34. The Morgan fingerprint density at radius 3 is 2.58 bits per heavy atom. The Balaban J connectivity index is 2.60. The number of rotatable bonds is 3. The third-order valence-corrected chi connectivity index (χ3v) is 2.21. The van der Waals surface area contributed by atoms with E-state index in [2.05, 4.69) is 5.32 Å². The minimum atomic E-state index is 0.360. The van der Waals surface area contributed by atoms with Gasteiger partial charge in [0.15, 0.2) is 0 Å². The quantitative estimate of drug-likeness (QED) is 0.570. The molecule has 2 nitrogen and oxygen atoms in total. The highest BCUT2D eigenvalue weighted by Gasteiger charge is 1.90. The van der Waals surface area contributed by atoms with E-state index in [1.807, 2.05) is 36.6 Å². The first-order valence-electron chi connectivity index (χ1n) is 3.61. The molecule has 1 N–H and O–H groups in total. The molecule has 1 aromatic rings. The Hall–Kier alpha value is -1.14. The maximum Gasteiger partial charge on any atom is 0.103 e. The molecule has 0 saturated carbocycles. The first-order valence-corrected chi connectivity index (χ1v) is 4.84. The number of nitrogens with one attached hydrogen (secondary N) is 1. The lowest BCUT2D eigenvalue weighted by Gasteiger charge is -2.01. The van der Waals surface area contributed by atoms with E-state index in [1.165, 1.54) is 4.90 Å². The Morgan fingerprint density at radius 2 is 2.08 bits per heavy atom. The van der Waals surface area contributed by atoms with Crippen LogP contribution in [0.4, 0.5) is 5.69 Å². The van der Waals surface area contributed by atoms with Gasteiger partial charge in [0, 0.05) is 10.6 Å². The topological polar surface area (TPSA) is 35.8 Å². The van der Waals surface area contributed by atoms with Crippen LogP contribution in [-0.2, 0) is 0 Å². The molecule has 1 rings (SSSR count). The summed E-state index contributed by atoms with van der Waals surface area (Å²) in [6, 6.07) is 10.0. The van der Waals surface area contributed by atoms with Crippen molar-refractivity contribution in [1.82, 2.24) is 0 Å². The van der Waals surface area contributed by atoms with Crippen molar-refractivity contribution in [3.05, 3.63) is 24.3 Å². The van der Waals surface area contributed by atoms with E-state index in [0.717, 1.165) is 5.69 Å². The molecule has 0 spiro atoms. The monoisotopic (exact) mass is 178 g/mol. The molecule has 62 valence electrons. The first kappa shape index (κ1) is 8.95. The van der Waals surface area contributed by atoms with Crippen molar-refractivity contribution >= 4 is 17.4 Å². The van der Waals surface area contributed by atoms with Crippen LogP contribution in [-0.4, -0.2) is 12.8 Å². The van der Waals surface area contributed by atoms with Crippen molar-refractivity contribution in [2.45, 2.75) is 4.90 Å². The summed E-state index contributed by atoms with van der Waals surface area (Å²) in [7, 11) is 0. The van der Waals surface area contributed by atoms with Gasteiger partial charge in [0.2, 0.25) is 0 Å². The van der Waals surface area contributed by atoms with E-state index in [9.17, 15) is 0 Å². The maximum atomic E-state index is 8.31. The van der Waals surface area contributed by atoms with Crippen molar-refractivity contribution in [2.75, 3.05) is 18.1 Å². The molecule has 0 amide bonds. The Morgan fingerprint density at radius 1 is 1.42 bits per heavy atom. The second-order valence-corrected chi connectivity index (χ2v) is 3.12. The highest BCUT2D eigenvalue weighted by atomic mass is 32.2. The second kappa shape index (κ2) is 4.68. The number of hydrogen-bond acceptors (Lipinski definition) is 3. The minimum Gasteiger partial charge on any atom is -0.372 e. The van der Waals surface area contributed by atoms with E-state index in [4.69, 9.17) is 5.26 Å². The molecule has 0 aliphatic heterocycles. The number of nitrogens with zero attached hydrogens (tertiary/aromatic N) is 1. The van der Waals surface area contributed by atoms with Gasteiger partial charge in [-0.3, -0.25) is 0 Å². The Labute approximate surface area is 76.6 Å². The van der Waals surface area contributed by atoms with Crippen LogP contribution in [0.5, 0.6) is 0 Å². The highest BCUT2D eigenvalue weighted by molar-refractivity contribution is 7.98. The standard InChI is InChI=1S/C9H10N2S/c1-12-9-4-2-8(3-5-9)11-7-6-10/h2-5,11H,7H2,1H3. The Bertz CT molecular complexity index is 274. The lowest BCUT2D eigenvalue weighted by atomic mass is 10.3. The molecule has 0 radical (unpaired) electrons. The van der Waals surface area contributed by atoms with Crippen LogP contribution in [0.3, 0.4) is 0 Å². The van der Waals surface area contributed by atoms with Gasteiger partial charge in [0.05, 0.1) is 6.07 Å². The lowest BCUT2D eigenvalue weighted by Crippen LogP contribution is -1.97. The van der Waals surface area contributed by atoms with E-state index in [-0.39, 0.29) is 0 Å². The minimum absolute atomic E-state index is 0.360. The van der Waals surface area contributed by atoms with Crippen LogP contribution >= 0.6 is 11.8 Å². The summed E-state index contributed by atoms with van der Waals surface area (Å²) < 4.78 is 0. The molecule has 0 bridgehead atoms. The number of nitriles is 1. The van der Waals surface area contributed by atoms with Gasteiger partial charge in [0.25, 0.3) is 0 Å². The average molecular weight is 178 g/mol. The number of benzene rings is 1. The summed E-state index contributed by atoms with van der Waals surface area (Å²) >= 11 is 1.71. The molecule has 0 atom stereocenters. The van der Waals surface area contributed by atoms with Gasteiger partial charge in [-0.15, -0.1) is 11.8 Å². The van der Waals surface area contributed by atoms with Crippen LogP contribution in [0.2, 0.25) is 0 Å². The molecule has 0 saturated heterocycles. The van der Waals surface area contributed by atoms with Crippen molar-refractivity contribution in [1.29, 1.82) is 5.26 Å². The number of hydrogen-bond donors (Lipinski definition) is 1. The van der Waals surface area contributed by atoms with Crippen molar-refractivity contribution in [2.24, 2.45) is 0 Å². The molecular formula is C9H10N2S. The molecular weight excluding hydrogens is 168 g/mol. The zero-order valence-corrected chi connectivity index (χ0v) is 7.69. The van der Waals surface area contributed by atoms with Gasteiger partial charge in [-0.25, -0.2) is 0 Å². The van der Waals surface area contributed by atoms with Crippen LogP contribution in [0, 0.1) is 11.3 Å². The molecule has 0 aliphatic rings. The van der Waals surface area contributed by atoms with E-state index in [1.54, 1.807) is 11.8 Å². The van der Waals surface area contributed by atoms with Gasteiger partial charge in [-0.05, 0) is 30.5 Å². The molecule has 12 heavy (non-hydrogen) atoms. The zero-order valence-electron chi connectivity index (χ0n) is 6.87. The molecule has 0 aromatic heterocycles. The molecule has 0 heterocycles. The molecule has 0 aliphatic carbocycles. The van der Waals surface area contributed by atoms with Gasteiger partial charge in [-0.1, -0.05) is 0 Å². The van der Waals surface area contributed by atoms with Crippen molar-refractivity contribution < 1.29 is 0 Å². The summed E-state index contributed by atoms with van der Waals surface area (Å²) in [5.74, 6) is 0. The van der Waals surface area contributed by atoms with Crippen molar-refractivity contribution in [3.63, 3.8) is 0 Å². The van der Waals surface area contributed by atoms with Crippen LogP contribution < -0.4 is 5.32 Å². The fourth-order valence-electron chi connectivity index (χ4n) is 0.850. The summed E-state index contributed by atoms with van der Waals surface area (Å²) in [5, 5.41) is 11.3. The van der Waals surface area contributed by atoms with Crippen LogP contribution in [0.15, 0.2) is 29.2 Å². The number of anilines is 1. The predicted molar refractivity (Wildman–Crippen MR) is 52.3 cm³/mol. The maximum absolute atomic E-state index is 8.31. The molecule has 0 unspecified atom stereocenters. The fourth-order valence-corrected chi connectivity index (χ4v) is 1.26. The molecule has 0 fully saturated rings. The summed E-state index contributed by atoms with van der Waals surface area (Å²) in [4.78, 5) is 1.23. The normalized spacial score (nSPS) is 9.00. The molecule has 3 heteroatoms. The SMILES string of the molecule is CSc1ccc(NCC#N)cc1. The lowest BCUT2D eigenvalue weighted by molar-refractivity contribution is 1.31. The van der Waals surface area contributed by atoms with Gasteiger partial charge in [0.1, 0.15) is 6.54 Å². The van der Waals surface area contributed by atoms with Gasteiger partial charge < -0.3 is 5.32 Å². The van der Waals surface area contributed by atoms with Gasteiger partial charge >= 0.3 is 0 Å². The molecule has 1 aromatic carbocycles. The summed E-state index contributed by atoms with van der Waals surface area (Å²) in [6.07, 6.45) is 2.04. The van der Waals surface area contributed by atoms with Gasteiger partial charge in [-0.2, -0.15) is 5.26 Å². The second-order valence-electron chi connectivity index (χ2n) is 2.24. The average Bonchev–Trinajstić information content (AvgIpc) is 2.15. The smallest absolute Gasteiger partial charge is 0.103 e. The summed E-state index contributed by atoms with van der Waals surface area (Å²) in [5.41, 5.74) is 0.995.